The molecule has 8 nitrogen and oxygen atoms in total. The Hall–Kier alpha value is -2.78. The third-order valence-electron chi connectivity index (χ3n) is 4.82. The number of pyridine rings is 1. The number of aromatic amines is 1. The number of carbonyl (C=O) groups is 1. The van der Waals surface area contributed by atoms with Crippen molar-refractivity contribution in [2.45, 2.75) is 29.5 Å². The summed E-state index contributed by atoms with van der Waals surface area (Å²) in [5.74, 6) is -0.258. The summed E-state index contributed by atoms with van der Waals surface area (Å²) in [6.07, 6.45) is 4.47. The second kappa shape index (κ2) is 7.69. The lowest BCUT2D eigenvalue weighted by Gasteiger charge is -2.22. The number of nitrogens with one attached hydrogen (secondary N) is 2. The van der Waals surface area contributed by atoms with Crippen LogP contribution in [0.15, 0.2) is 47.6 Å². The molecule has 1 amide bonds. The molecule has 0 unspecified atom stereocenters. The van der Waals surface area contributed by atoms with Gasteiger partial charge in [0.2, 0.25) is 0 Å². The fourth-order valence-corrected chi connectivity index (χ4v) is 4.84. The number of hydrogen-bond acceptors (Lipinski definition) is 6. The van der Waals surface area contributed by atoms with Crippen molar-refractivity contribution < 1.29 is 17.9 Å². The zero-order valence-electron chi connectivity index (χ0n) is 15.1. The second-order valence-electron chi connectivity index (χ2n) is 6.74. The van der Waals surface area contributed by atoms with Gasteiger partial charge in [-0.1, -0.05) is 12.1 Å². The number of benzene rings is 1. The van der Waals surface area contributed by atoms with E-state index in [9.17, 15) is 13.2 Å². The fraction of sp³-hybridized carbons (Fsp3) is 0.316. The first-order valence-corrected chi connectivity index (χ1v) is 10.6. The molecule has 0 bridgehead atoms. The maximum Gasteiger partial charge on any atom is 0.253 e. The number of ether oxygens (including phenoxy) is 1. The van der Waals surface area contributed by atoms with E-state index in [0.29, 0.717) is 24.2 Å². The third kappa shape index (κ3) is 3.76. The number of carbonyl (C=O) groups excluding carboxylic acids is 1. The summed E-state index contributed by atoms with van der Waals surface area (Å²) in [5.41, 5.74) is 1.87. The first kappa shape index (κ1) is 18.6. The molecule has 4 rings (SSSR count). The van der Waals surface area contributed by atoms with Gasteiger partial charge in [0.05, 0.1) is 28.5 Å². The minimum Gasteiger partial charge on any atom is -0.380 e. The summed E-state index contributed by atoms with van der Waals surface area (Å²) < 4.78 is 30.6. The highest BCUT2D eigenvalue weighted by Gasteiger charge is 2.29. The Morgan fingerprint density at radius 3 is 2.82 bits per heavy atom. The zero-order valence-corrected chi connectivity index (χ0v) is 15.9. The summed E-state index contributed by atoms with van der Waals surface area (Å²) in [7, 11) is -3.40. The van der Waals surface area contributed by atoms with E-state index in [4.69, 9.17) is 4.74 Å². The maximum absolute atomic E-state index is 12.7. The molecule has 1 aliphatic heterocycles. The predicted molar refractivity (Wildman–Crippen MR) is 103 cm³/mol. The van der Waals surface area contributed by atoms with E-state index in [1.165, 1.54) is 6.20 Å². The number of nitrogens with zero attached hydrogens (tertiary/aromatic N) is 2. The molecule has 0 aliphatic carbocycles. The van der Waals surface area contributed by atoms with E-state index < -0.39 is 15.1 Å². The number of fused-ring (bicyclic) bond motifs is 1. The zero-order chi connectivity index (χ0) is 19.6. The van der Waals surface area contributed by atoms with Gasteiger partial charge in [0.25, 0.3) is 5.91 Å². The van der Waals surface area contributed by atoms with Crippen molar-refractivity contribution >= 4 is 26.8 Å². The first-order chi connectivity index (χ1) is 13.5. The van der Waals surface area contributed by atoms with Gasteiger partial charge < -0.3 is 10.1 Å². The lowest BCUT2D eigenvalue weighted by atomic mass is 10.2. The van der Waals surface area contributed by atoms with E-state index in [2.05, 4.69) is 20.5 Å². The van der Waals surface area contributed by atoms with Crippen molar-refractivity contribution in [1.82, 2.24) is 20.5 Å². The topological polar surface area (TPSA) is 114 Å². The number of rotatable bonds is 5. The molecule has 9 heteroatoms. The average molecular weight is 400 g/mol. The summed E-state index contributed by atoms with van der Waals surface area (Å²) in [4.78, 5) is 16.8. The molecule has 0 spiro atoms. The van der Waals surface area contributed by atoms with E-state index in [-0.39, 0.29) is 24.0 Å². The lowest BCUT2D eigenvalue weighted by Crippen LogP contribution is -2.31. The number of sulfone groups is 1. The van der Waals surface area contributed by atoms with Crippen LogP contribution in [0.2, 0.25) is 0 Å². The van der Waals surface area contributed by atoms with Crippen LogP contribution in [-0.2, 0) is 21.1 Å². The van der Waals surface area contributed by atoms with E-state index in [0.717, 1.165) is 17.4 Å². The second-order valence-corrected chi connectivity index (χ2v) is 8.97. The van der Waals surface area contributed by atoms with Crippen LogP contribution in [0.3, 0.4) is 0 Å². The molecule has 1 aliphatic rings. The molecule has 0 radical (unpaired) electrons. The lowest BCUT2D eigenvalue weighted by molar-refractivity contribution is 0.0950. The van der Waals surface area contributed by atoms with Gasteiger partial charge in [-0.3, -0.25) is 9.89 Å². The van der Waals surface area contributed by atoms with Crippen molar-refractivity contribution in [3.05, 3.63) is 53.9 Å². The van der Waals surface area contributed by atoms with Crippen LogP contribution in [0.4, 0.5) is 0 Å². The molecule has 2 N–H and O–H groups in total. The Labute approximate surface area is 162 Å². The highest BCUT2D eigenvalue weighted by Crippen LogP contribution is 2.23. The van der Waals surface area contributed by atoms with Crippen molar-refractivity contribution in [3.8, 4) is 0 Å². The Bertz CT molecular complexity index is 1090. The molecular weight excluding hydrogens is 380 g/mol. The molecule has 1 saturated heterocycles. The van der Waals surface area contributed by atoms with E-state index in [1.807, 2.05) is 0 Å². The van der Waals surface area contributed by atoms with Gasteiger partial charge in [-0.25, -0.2) is 13.4 Å². The standard InChI is InChI=1S/C19H20N4O4S/c24-19(15-8-14-11-22-23-18(14)20-10-15)21-9-13-3-5-16(6-4-13)28(25,26)17-2-1-7-27-12-17/h3-6,8,10-11,17H,1-2,7,9,12H2,(H,21,24)(H,20,22,23)/t17-/m0/s1. The summed E-state index contributed by atoms with van der Waals surface area (Å²) >= 11 is 0. The Morgan fingerprint density at radius 2 is 2.07 bits per heavy atom. The Balaban J connectivity index is 1.40. The highest BCUT2D eigenvalue weighted by molar-refractivity contribution is 7.92. The summed E-state index contributed by atoms with van der Waals surface area (Å²) in [6.45, 7) is 1.15. The molecule has 146 valence electrons. The number of hydrogen-bond donors (Lipinski definition) is 2. The van der Waals surface area contributed by atoms with Crippen molar-refractivity contribution in [2.24, 2.45) is 0 Å². The molecule has 2 aromatic heterocycles. The van der Waals surface area contributed by atoms with Crippen LogP contribution in [0.25, 0.3) is 11.0 Å². The van der Waals surface area contributed by atoms with Gasteiger partial charge >= 0.3 is 0 Å². The van der Waals surface area contributed by atoms with Gasteiger partial charge in [0.1, 0.15) is 0 Å². The van der Waals surface area contributed by atoms with E-state index in [1.54, 1.807) is 36.5 Å². The molecule has 1 aromatic carbocycles. The summed E-state index contributed by atoms with van der Waals surface area (Å²) in [5, 5.41) is 9.70. The molecule has 3 aromatic rings. The number of amides is 1. The van der Waals surface area contributed by atoms with Gasteiger partial charge in [0, 0.05) is 24.7 Å². The Morgan fingerprint density at radius 1 is 1.25 bits per heavy atom. The molecule has 28 heavy (non-hydrogen) atoms. The van der Waals surface area contributed by atoms with Gasteiger partial charge in [-0.15, -0.1) is 0 Å². The average Bonchev–Trinajstić information content (AvgIpc) is 3.21. The number of H-pyrrole nitrogens is 1. The molecule has 1 atom stereocenters. The smallest absolute Gasteiger partial charge is 0.253 e. The van der Waals surface area contributed by atoms with Crippen LogP contribution >= 0.6 is 0 Å². The van der Waals surface area contributed by atoms with Crippen molar-refractivity contribution in [1.29, 1.82) is 0 Å². The molecule has 3 heterocycles. The van der Waals surface area contributed by atoms with Gasteiger partial charge in [-0.2, -0.15) is 5.10 Å². The molecule has 0 saturated carbocycles. The van der Waals surface area contributed by atoms with Crippen molar-refractivity contribution in [3.63, 3.8) is 0 Å². The minimum atomic E-state index is -3.40. The first-order valence-electron chi connectivity index (χ1n) is 9.02. The van der Waals surface area contributed by atoms with Gasteiger partial charge in [-0.05, 0) is 36.6 Å². The minimum absolute atomic E-state index is 0.245. The van der Waals surface area contributed by atoms with Gasteiger partial charge in [0.15, 0.2) is 15.5 Å². The van der Waals surface area contributed by atoms with E-state index >= 15 is 0 Å². The quantitative estimate of drug-likeness (QED) is 0.675. The molecule has 1 fully saturated rings. The van der Waals surface area contributed by atoms with Crippen molar-refractivity contribution in [2.75, 3.05) is 13.2 Å². The largest absolute Gasteiger partial charge is 0.380 e. The predicted octanol–water partition coefficient (Wildman–Crippen LogP) is 1.84. The fourth-order valence-electron chi connectivity index (χ4n) is 3.19. The van der Waals surface area contributed by atoms with Crippen LogP contribution in [-0.4, -0.2) is 48.0 Å². The van der Waals surface area contributed by atoms with Crippen LogP contribution in [0, 0.1) is 0 Å². The van der Waals surface area contributed by atoms with Crippen LogP contribution in [0.5, 0.6) is 0 Å². The van der Waals surface area contributed by atoms with Crippen LogP contribution in [0.1, 0.15) is 28.8 Å². The SMILES string of the molecule is O=C(NCc1ccc(S(=O)(=O)[C@H]2CCCOC2)cc1)c1cnc2[nH]ncc2c1. The highest BCUT2D eigenvalue weighted by atomic mass is 32.2. The number of aromatic nitrogens is 3. The third-order valence-corrected chi connectivity index (χ3v) is 6.99. The Kier molecular flexibility index (Phi) is 5.10. The molecular formula is C19H20N4O4S. The summed E-state index contributed by atoms with van der Waals surface area (Å²) in [6, 6.07) is 8.32. The van der Waals surface area contributed by atoms with Crippen LogP contribution < -0.4 is 5.32 Å². The normalized spacial score (nSPS) is 17.5. The maximum atomic E-state index is 12.7. The monoisotopic (exact) mass is 400 g/mol.